The first-order valence-electron chi connectivity index (χ1n) is 5.49. The van der Waals surface area contributed by atoms with Crippen LogP contribution in [-0.2, 0) is 0 Å². The van der Waals surface area contributed by atoms with E-state index in [4.69, 9.17) is 4.74 Å². The number of hydrogen-bond acceptors (Lipinski definition) is 3. The van der Waals surface area contributed by atoms with E-state index in [0.29, 0.717) is 17.9 Å². The van der Waals surface area contributed by atoms with E-state index in [-0.39, 0.29) is 0 Å². The lowest BCUT2D eigenvalue weighted by atomic mass is 10.1. The van der Waals surface area contributed by atoms with Crippen molar-refractivity contribution in [3.8, 4) is 17.0 Å². The molecule has 0 saturated carbocycles. The summed E-state index contributed by atoms with van der Waals surface area (Å²) in [7, 11) is 0. The Morgan fingerprint density at radius 2 is 2.06 bits per heavy atom. The molecule has 88 valence electrons. The lowest BCUT2D eigenvalue weighted by molar-refractivity contribution is 0.112. The van der Waals surface area contributed by atoms with Crippen molar-refractivity contribution in [3.63, 3.8) is 0 Å². The van der Waals surface area contributed by atoms with Crippen LogP contribution < -0.4 is 4.74 Å². The maximum Gasteiger partial charge on any atom is 0.154 e. The van der Waals surface area contributed by atoms with Gasteiger partial charge in [-0.3, -0.25) is 9.89 Å². The SMILES string of the molecule is CCOc1ccc(-c2n[nH]c(C)c2C=O)cc1. The molecule has 2 aromatic rings. The summed E-state index contributed by atoms with van der Waals surface area (Å²) in [5.74, 6) is 0.816. The lowest BCUT2D eigenvalue weighted by Gasteiger charge is -2.03. The molecule has 4 nitrogen and oxygen atoms in total. The van der Waals surface area contributed by atoms with Crippen LogP contribution in [0.4, 0.5) is 0 Å². The molecule has 1 aromatic carbocycles. The van der Waals surface area contributed by atoms with E-state index >= 15 is 0 Å². The molecule has 0 aliphatic heterocycles. The second-order valence-electron chi connectivity index (χ2n) is 3.69. The van der Waals surface area contributed by atoms with E-state index in [1.165, 1.54) is 0 Å². The monoisotopic (exact) mass is 230 g/mol. The number of aryl methyl sites for hydroxylation is 1. The second-order valence-corrected chi connectivity index (χ2v) is 3.69. The summed E-state index contributed by atoms with van der Waals surface area (Å²) in [6.07, 6.45) is 0.824. The van der Waals surface area contributed by atoms with Crippen molar-refractivity contribution in [2.75, 3.05) is 6.61 Å². The van der Waals surface area contributed by atoms with Crippen LogP contribution in [0.15, 0.2) is 24.3 Å². The summed E-state index contributed by atoms with van der Waals surface area (Å²) < 4.78 is 5.36. The number of nitrogens with one attached hydrogen (secondary N) is 1. The Hall–Kier alpha value is -2.10. The summed E-state index contributed by atoms with van der Waals surface area (Å²) in [6.45, 7) is 4.41. The van der Waals surface area contributed by atoms with Crippen LogP contribution in [0.3, 0.4) is 0 Å². The number of rotatable bonds is 4. The van der Waals surface area contributed by atoms with Gasteiger partial charge < -0.3 is 4.74 Å². The van der Waals surface area contributed by atoms with Crippen LogP contribution in [0.5, 0.6) is 5.75 Å². The Morgan fingerprint density at radius 1 is 1.35 bits per heavy atom. The number of aldehydes is 1. The average molecular weight is 230 g/mol. The molecule has 0 atom stereocenters. The smallest absolute Gasteiger partial charge is 0.154 e. The Kier molecular flexibility index (Phi) is 3.23. The highest BCUT2D eigenvalue weighted by molar-refractivity contribution is 5.87. The quantitative estimate of drug-likeness (QED) is 0.821. The van der Waals surface area contributed by atoms with Gasteiger partial charge in [0.25, 0.3) is 0 Å². The van der Waals surface area contributed by atoms with Gasteiger partial charge in [-0.25, -0.2) is 0 Å². The standard InChI is InChI=1S/C13H14N2O2/c1-3-17-11-6-4-10(5-7-11)13-12(8-16)9(2)14-15-13/h4-8H,3H2,1-2H3,(H,14,15). The van der Waals surface area contributed by atoms with Crippen LogP contribution in [0.25, 0.3) is 11.3 Å². The van der Waals surface area contributed by atoms with Crippen molar-refractivity contribution < 1.29 is 9.53 Å². The third-order valence-electron chi connectivity index (χ3n) is 2.55. The third kappa shape index (κ3) is 2.20. The van der Waals surface area contributed by atoms with Crippen molar-refractivity contribution in [3.05, 3.63) is 35.5 Å². The molecule has 0 saturated heterocycles. The van der Waals surface area contributed by atoms with Gasteiger partial charge in [0.1, 0.15) is 11.4 Å². The Labute approximate surface area is 99.6 Å². The van der Waals surface area contributed by atoms with E-state index < -0.39 is 0 Å². The summed E-state index contributed by atoms with van der Waals surface area (Å²) in [5.41, 5.74) is 2.97. The zero-order chi connectivity index (χ0) is 12.3. The number of hydrogen-bond donors (Lipinski definition) is 1. The fraction of sp³-hybridized carbons (Fsp3) is 0.231. The fourth-order valence-corrected chi connectivity index (χ4v) is 1.68. The first-order valence-corrected chi connectivity index (χ1v) is 5.49. The summed E-state index contributed by atoms with van der Waals surface area (Å²) in [5, 5.41) is 6.95. The molecule has 0 fully saturated rings. The maximum atomic E-state index is 11.0. The average Bonchev–Trinajstić information content (AvgIpc) is 2.72. The largest absolute Gasteiger partial charge is 0.494 e. The minimum absolute atomic E-state index is 0.606. The number of carbonyl (C=O) groups is 1. The Bertz CT molecular complexity index is 515. The minimum Gasteiger partial charge on any atom is -0.494 e. The molecular formula is C13H14N2O2. The zero-order valence-corrected chi connectivity index (χ0v) is 9.86. The van der Waals surface area contributed by atoms with Gasteiger partial charge in [-0.15, -0.1) is 0 Å². The number of ether oxygens (including phenoxy) is 1. The second kappa shape index (κ2) is 4.82. The molecule has 4 heteroatoms. The molecule has 0 amide bonds. The zero-order valence-electron chi connectivity index (χ0n) is 9.86. The molecule has 1 aromatic heterocycles. The Morgan fingerprint density at radius 3 is 2.65 bits per heavy atom. The first-order chi connectivity index (χ1) is 8.26. The number of benzene rings is 1. The molecule has 0 radical (unpaired) electrons. The topological polar surface area (TPSA) is 55.0 Å². The van der Waals surface area contributed by atoms with Crippen LogP contribution in [0.2, 0.25) is 0 Å². The predicted octanol–water partition coefficient (Wildman–Crippen LogP) is 2.60. The molecule has 1 N–H and O–H groups in total. The highest BCUT2D eigenvalue weighted by atomic mass is 16.5. The number of aromatic nitrogens is 2. The van der Waals surface area contributed by atoms with Crippen molar-refractivity contribution in [1.29, 1.82) is 0 Å². The van der Waals surface area contributed by atoms with Crippen molar-refractivity contribution in [1.82, 2.24) is 10.2 Å². The van der Waals surface area contributed by atoms with E-state index in [2.05, 4.69) is 10.2 Å². The van der Waals surface area contributed by atoms with Gasteiger partial charge in [-0.1, -0.05) is 0 Å². The van der Waals surface area contributed by atoms with E-state index in [1.54, 1.807) is 0 Å². The predicted molar refractivity (Wildman–Crippen MR) is 65.3 cm³/mol. The molecule has 0 bridgehead atoms. The van der Waals surface area contributed by atoms with E-state index in [9.17, 15) is 4.79 Å². The summed E-state index contributed by atoms with van der Waals surface area (Å²) in [4.78, 5) is 11.0. The van der Waals surface area contributed by atoms with Gasteiger partial charge in [0.15, 0.2) is 6.29 Å². The van der Waals surface area contributed by atoms with Gasteiger partial charge in [-0.05, 0) is 38.1 Å². The molecule has 0 aliphatic carbocycles. The maximum absolute atomic E-state index is 11.0. The number of aromatic amines is 1. The molecule has 2 rings (SSSR count). The van der Waals surface area contributed by atoms with Crippen LogP contribution in [0, 0.1) is 6.92 Å². The third-order valence-corrected chi connectivity index (χ3v) is 2.55. The highest BCUT2D eigenvalue weighted by Gasteiger charge is 2.11. The summed E-state index contributed by atoms with van der Waals surface area (Å²) >= 11 is 0. The van der Waals surface area contributed by atoms with Crippen molar-refractivity contribution in [2.45, 2.75) is 13.8 Å². The molecule has 0 aliphatic rings. The normalized spacial score (nSPS) is 10.2. The van der Waals surface area contributed by atoms with Crippen molar-refractivity contribution >= 4 is 6.29 Å². The molecule has 0 unspecified atom stereocenters. The highest BCUT2D eigenvalue weighted by Crippen LogP contribution is 2.24. The van der Waals surface area contributed by atoms with Gasteiger partial charge in [-0.2, -0.15) is 5.10 Å². The lowest BCUT2D eigenvalue weighted by Crippen LogP contribution is -1.91. The van der Waals surface area contributed by atoms with Crippen LogP contribution >= 0.6 is 0 Å². The van der Waals surface area contributed by atoms with Gasteiger partial charge in [0.2, 0.25) is 0 Å². The van der Waals surface area contributed by atoms with Gasteiger partial charge in [0, 0.05) is 11.3 Å². The number of nitrogens with zero attached hydrogens (tertiary/aromatic N) is 1. The molecule has 17 heavy (non-hydrogen) atoms. The number of carbonyl (C=O) groups excluding carboxylic acids is 1. The van der Waals surface area contributed by atoms with Crippen molar-refractivity contribution in [2.24, 2.45) is 0 Å². The van der Waals surface area contributed by atoms with Crippen LogP contribution in [-0.4, -0.2) is 23.1 Å². The van der Waals surface area contributed by atoms with Gasteiger partial charge in [0.05, 0.1) is 12.2 Å². The van der Waals surface area contributed by atoms with Crippen LogP contribution in [0.1, 0.15) is 23.0 Å². The number of H-pyrrole nitrogens is 1. The Balaban J connectivity index is 2.36. The van der Waals surface area contributed by atoms with E-state index in [0.717, 1.165) is 23.3 Å². The molecular weight excluding hydrogens is 216 g/mol. The first kappa shape index (κ1) is 11.4. The summed E-state index contributed by atoms with van der Waals surface area (Å²) in [6, 6.07) is 7.54. The minimum atomic E-state index is 0.606. The fourth-order valence-electron chi connectivity index (χ4n) is 1.68. The molecule has 0 spiro atoms. The van der Waals surface area contributed by atoms with Gasteiger partial charge >= 0.3 is 0 Å². The van der Waals surface area contributed by atoms with E-state index in [1.807, 2.05) is 38.1 Å². The molecule has 1 heterocycles.